The van der Waals surface area contributed by atoms with Gasteiger partial charge >= 0.3 is 0 Å². The van der Waals surface area contributed by atoms with Gasteiger partial charge in [0.15, 0.2) is 0 Å². The van der Waals surface area contributed by atoms with E-state index in [1.807, 2.05) is 0 Å². The number of nitrogens with two attached hydrogens (primary N) is 1. The summed E-state index contributed by atoms with van der Waals surface area (Å²) in [5.74, 6) is 0.321. The minimum absolute atomic E-state index is 0.321. The summed E-state index contributed by atoms with van der Waals surface area (Å²) in [6.07, 6.45) is 7.20. The highest BCUT2D eigenvalue weighted by Gasteiger charge is 2.24. The van der Waals surface area contributed by atoms with Gasteiger partial charge in [0.05, 0.1) is 5.84 Å². The zero-order valence-corrected chi connectivity index (χ0v) is 9.42. The molecule has 1 rings (SSSR count). The van der Waals surface area contributed by atoms with Gasteiger partial charge in [-0.25, -0.2) is 0 Å². The molecular formula is C11H23N3. The quantitative estimate of drug-likeness (QED) is 0.523. The highest BCUT2D eigenvalue weighted by atomic mass is 15.2. The van der Waals surface area contributed by atoms with Crippen molar-refractivity contribution in [2.45, 2.75) is 57.5 Å². The van der Waals surface area contributed by atoms with E-state index in [9.17, 15) is 0 Å². The Bertz CT molecular complexity index is 185. The standard InChI is InChI=1S/C11H23N3/c1-3-9(8-11(12)13)14(2)10-6-4-5-7-10/h9-10H,3-8H2,1-2H3,(H3,12,13). The van der Waals surface area contributed by atoms with E-state index >= 15 is 0 Å². The lowest BCUT2D eigenvalue weighted by Gasteiger charge is -2.32. The average Bonchev–Trinajstić information content (AvgIpc) is 2.65. The highest BCUT2D eigenvalue weighted by Crippen LogP contribution is 2.25. The largest absolute Gasteiger partial charge is 0.388 e. The van der Waals surface area contributed by atoms with Crippen LogP contribution in [0.25, 0.3) is 0 Å². The molecule has 82 valence electrons. The summed E-state index contributed by atoms with van der Waals surface area (Å²) in [5, 5.41) is 7.34. The van der Waals surface area contributed by atoms with E-state index < -0.39 is 0 Å². The molecule has 0 saturated heterocycles. The third-order valence-corrected chi connectivity index (χ3v) is 3.40. The van der Waals surface area contributed by atoms with Crippen molar-refractivity contribution in [3.8, 4) is 0 Å². The minimum atomic E-state index is 0.321. The van der Waals surface area contributed by atoms with E-state index in [0.29, 0.717) is 11.9 Å². The second kappa shape index (κ2) is 5.35. The molecule has 1 saturated carbocycles. The molecule has 0 bridgehead atoms. The van der Waals surface area contributed by atoms with E-state index in [0.717, 1.165) is 18.9 Å². The molecule has 1 unspecified atom stereocenters. The smallest absolute Gasteiger partial charge is 0.0921 e. The molecule has 0 radical (unpaired) electrons. The zero-order valence-electron chi connectivity index (χ0n) is 9.42. The van der Waals surface area contributed by atoms with Crippen LogP contribution >= 0.6 is 0 Å². The Kier molecular flexibility index (Phi) is 4.39. The molecule has 1 aliphatic carbocycles. The van der Waals surface area contributed by atoms with Crippen LogP contribution in [0.5, 0.6) is 0 Å². The van der Waals surface area contributed by atoms with Gasteiger partial charge in [0, 0.05) is 18.5 Å². The van der Waals surface area contributed by atoms with Crippen molar-refractivity contribution in [1.29, 1.82) is 5.41 Å². The Hall–Kier alpha value is -0.570. The predicted octanol–water partition coefficient (Wildman–Crippen LogP) is 1.97. The van der Waals surface area contributed by atoms with Gasteiger partial charge < -0.3 is 10.6 Å². The minimum Gasteiger partial charge on any atom is -0.388 e. The average molecular weight is 197 g/mol. The SMILES string of the molecule is CCC(CC(=N)N)N(C)C1CCCC1. The van der Waals surface area contributed by atoms with Gasteiger partial charge in [-0.3, -0.25) is 5.41 Å². The molecular weight excluding hydrogens is 174 g/mol. The molecule has 3 nitrogen and oxygen atoms in total. The maximum Gasteiger partial charge on any atom is 0.0921 e. The first-order chi connectivity index (χ1) is 6.65. The number of hydrogen-bond acceptors (Lipinski definition) is 2. The fraction of sp³-hybridized carbons (Fsp3) is 0.909. The van der Waals surface area contributed by atoms with Crippen molar-refractivity contribution in [2.75, 3.05) is 7.05 Å². The van der Waals surface area contributed by atoms with Crippen LogP contribution in [0.15, 0.2) is 0 Å². The summed E-state index contributed by atoms with van der Waals surface area (Å²) >= 11 is 0. The number of rotatable bonds is 5. The Balaban J connectivity index is 2.45. The van der Waals surface area contributed by atoms with Crippen LogP contribution in [0, 0.1) is 5.41 Å². The van der Waals surface area contributed by atoms with Gasteiger partial charge in [0.1, 0.15) is 0 Å². The number of hydrogen-bond donors (Lipinski definition) is 2. The van der Waals surface area contributed by atoms with Crippen molar-refractivity contribution in [1.82, 2.24) is 4.90 Å². The molecule has 0 aromatic carbocycles. The fourth-order valence-electron chi connectivity index (χ4n) is 2.44. The van der Waals surface area contributed by atoms with Gasteiger partial charge in [-0.1, -0.05) is 19.8 Å². The predicted molar refractivity (Wildman–Crippen MR) is 60.6 cm³/mol. The van der Waals surface area contributed by atoms with Crippen molar-refractivity contribution in [2.24, 2.45) is 5.73 Å². The van der Waals surface area contributed by atoms with Crippen LogP contribution < -0.4 is 5.73 Å². The third-order valence-electron chi connectivity index (χ3n) is 3.40. The molecule has 1 fully saturated rings. The van der Waals surface area contributed by atoms with Gasteiger partial charge in [-0.15, -0.1) is 0 Å². The normalized spacial score (nSPS) is 20.2. The number of nitrogens with one attached hydrogen (secondary N) is 1. The van der Waals surface area contributed by atoms with Crippen LogP contribution in [0.4, 0.5) is 0 Å². The van der Waals surface area contributed by atoms with Gasteiger partial charge in [-0.05, 0) is 26.3 Å². The van der Waals surface area contributed by atoms with Gasteiger partial charge in [0.25, 0.3) is 0 Å². The fourth-order valence-corrected chi connectivity index (χ4v) is 2.44. The molecule has 0 aromatic rings. The van der Waals surface area contributed by atoms with Crippen molar-refractivity contribution in [3.63, 3.8) is 0 Å². The summed E-state index contributed by atoms with van der Waals surface area (Å²) in [7, 11) is 2.19. The van der Waals surface area contributed by atoms with Crippen LogP contribution in [-0.4, -0.2) is 29.9 Å². The molecule has 0 spiro atoms. The van der Waals surface area contributed by atoms with Crippen molar-refractivity contribution in [3.05, 3.63) is 0 Å². The number of nitrogens with zero attached hydrogens (tertiary/aromatic N) is 1. The Morgan fingerprint density at radius 2 is 2.07 bits per heavy atom. The molecule has 0 heterocycles. The number of amidine groups is 1. The molecule has 3 heteroatoms. The molecule has 3 N–H and O–H groups in total. The maximum absolute atomic E-state index is 7.34. The monoisotopic (exact) mass is 197 g/mol. The Labute approximate surface area is 87.2 Å². The van der Waals surface area contributed by atoms with Crippen LogP contribution in [0.1, 0.15) is 45.4 Å². The molecule has 0 aliphatic heterocycles. The van der Waals surface area contributed by atoms with Crippen LogP contribution in [0.3, 0.4) is 0 Å². The summed E-state index contributed by atoms with van der Waals surface area (Å²) in [6.45, 7) is 2.18. The second-order valence-electron chi connectivity index (χ2n) is 4.40. The molecule has 14 heavy (non-hydrogen) atoms. The molecule has 0 aromatic heterocycles. The first kappa shape index (κ1) is 11.5. The van der Waals surface area contributed by atoms with E-state index in [4.69, 9.17) is 11.1 Å². The topological polar surface area (TPSA) is 53.1 Å². The van der Waals surface area contributed by atoms with E-state index in [1.54, 1.807) is 0 Å². The highest BCUT2D eigenvalue weighted by molar-refractivity contribution is 5.77. The van der Waals surface area contributed by atoms with E-state index in [1.165, 1.54) is 25.7 Å². The first-order valence-corrected chi connectivity index (χ1v) is 5.70. The maximum atomic E-state index is 7.34. The third kappa shape index (κ3) is 2.98. The second-order valence-corrected chi connectivity index (χ2v) is 4.40. The molecule has 1 aliphatic rings. The zero-order chi connectivity index (χ0) is 10.6. The van der Waals surface area contributed by atoms with Crippen molar-refractivity contribution < 1.29 is 0 Å². The molecule has 1 atom stereocenters. The first-order valence-electron chi connectivity index (χ1n) is 5.70. The Morgan fingerprint density at radius 3 is 2.50 bits per heavy atom. The van der Waals surface area contributed by atoms with E-state index in [2.05, 4.69) is 18.9 Å². The van der Waals surface area contributed by atoms with E-state index in [-0.39, 0.29) is 0 Å². The summed E-state index contributed by atoms with van der Waals surface area (Å²) in [4.78, 5) is 2.44. The van der Waals surface area contributed by atoms with Crippen molar-refractivity contribution >= 4 is 5.84 Å². The lowest BCUT2D eigenvalue weighted by molar-refractivity contribution is 0.173. The lowest BCUT2D eigenvalue weighted by Crippen LogP contribution is -2.40. The summed E-state index contributed by atoms with van der Waals surface area (Å²) < 4.78 is 0. The van der Waals surface area contributed by atoms with Crippen LogP contribution in [0.2, 0.25) is 0 Å². The van der Waals surface area contributed by atoms with Gasteiger partial charge in [0.2, 0.25) is 0 Å². The lowest BCUT2D eigenvalue weighted by atomic mass is 10.1. The van der Waals surface area contributed by atoms with Crippen LogP contribution in [-0.2, 0) is 0 Å². The Morgan fingerprint density at radius 1 is 1.50 bits per heavy atom. The van der Waals surface area contributed by atoms with Gasteiger partial charge in [-0.2, -0.15) is 0 Å². The summed E-state index contributed by atoms with van der Waals surface area (Å²) in [6, 6.07) is 1.20. The summed E-state index contributed by atoms with van der Waals surface area (Å²) in [5.41, 5.74) is 5.46. The molecule has 0 amide bonds.